The van der Waals surface area contributed by atoms with Gasteiger partial charge in [0.1, 0.15) is 11.6 Å². The Kier molecular flexibility index (Phi) is 4.04. The number of benzene rings is 1. The number of hydrogen-bond acceptors (Lipinski definition) is 4. The zero-order valence-corrected chi connectivity index (χ0v) is 13.1. The predicted molar refractivity (Wildman–Crippen MR) is 81.5 cm³/mol. The summed E-state index contributed by atoms with van der Waals surface area (Å²) in [5, 5.41) is 15.7. The van der Waals surface area contributed by atoms with Crippen LogP contribution < -0.4 is 10.5 Å². The molecule has 0 fully saturated rings. The first-order chi connectivity index (χ1) is 9.40. The molecule has 1 aromatic carbocycles. The lowest BCUT2D eigenvalue weighted by atomic mass is 10.1. The number of rotatable bonds is 3. The topological polar surface area (TPSA) is 84.9 Å². The van der Waals surface area contributed by atoms with Gasteiger partial charge >= 0.3 is 0 Å². The van der Waals surface area contributed by atoms with Crippen molar-refractivity contribution in [2.24, 2.45) is 5.73 Å². The van der Waals surface area contributed by atoms with Crippen LogP contribution in [0.3, 0.4) is 0 Å². The maximum Gasteiger partial charge on any atom is 0.250 e. The Morgan fingerprint density at radius 2 is 1.95 bits per heavy atom. The van der Waals surface area contributed by atoms with Gasteiger partial charge in [-0.3, -0.25) is 5.41 Å². The molecule has 0 atom stereocenters. The van der Waals surface area contributed by atoms with Crippen molar-refractivity contribution in [3.8, 4) is 11.6 Å². The van der Waals surface area contributed by atoms with E-state index in [0.717, 1.165) is 21.3 Å². The Morgan fingerprint density at radius 1 is 1.25 bits per heavy atom. The summed E-state index contributed by atoms with van der Waals surface area (Å²) in [6.45, 7) is 5.64. The van der Waals surface area contributed by atoms with E-state index in [1.807, 2.05) is 39.0 Å². The third kappa shape index (κ3) is 2.80. The maximum atomic E-state index is 7.68. The quantitative estimate of drug-likeness (QED) is 0.666. The van der Waals surface area contributed by atoms with Gasteiger partial charge in [-0.1, -0.05) is 15.9 Å². The molecule has 20 heavy (non-hydrogen) atoms. The normalized spacial score (nSPS) is 10.4. The van der Waals surface area contributed by atoms with Crippen molar-refractivity contribution in [2.45, 2.75) is 20.8 Å². The summed E-state index contributed by atoms with van der Waals surface area (Å²) in [6.07, 6.45) is 0. The number of halogens is 1. The summed E-state index contributed by atoms with van der Waals surface area (Å²) in [6, 6.07) is 5.59. The van der Waals surface area contributed by atoms with E-state index >= 15 is 0 Å². The molecule has 0 amide bonds. The van der Waals surface area contributed by atoms with E-state index in [4.69, 9.17) is 15.9 Å². The smallest absolute Gasteiger partial charge is 0.250 e. The summed E-state index contributed by atoms with van der Waals surface area (Å²) < 4.78 is 6.73. The summed E-state index contributed by atoms with van der Waals surface area (Å²) in [7, 11) is 0. The van der Waals surface area contributed by atoms with Gasteiger partial charge in [0.05, 0.1) is 11.3 Å². The summed E-state index contributed by atoms with van der Waals surface area (Å²) in [5.41, 5.74) is 8.68. The van der Waals surface area contributed by atoms with Crippen molar-refractivity contribution in [3.63, 3.8) is 0 Å². The van der Waals surface area contributed by atoms with Gasteiger partial charge in [-0.05, 0) is 50.1 Å². The van der Waals surface area contributed by atoms with E-state index in [9.17, 15) is 0 Å². The molecule has 1 aromatic heterocycles. The summed E-state index contributed by atoms with van der Waals surface area (Å²) in [5.74, 6) is 0.803. The Morgan fingerprint density at radius 3 is 2.55 bits per heavy atom. The van der Waals surface area contributed by atoms with Gasteiger partial charge in [0, 0.05) is 4.47 Å². The van der Waals surface area contributed by atoms with Crippen molar-refractivity contribution >= 4 is 21.8 Å². The fourth-order valence-corrected chi connectivity index (χ4v) is 2.01. The largest absolute Gasteiger partial charge is 0.437 e. The Hall–Kier alpha value is -1.95. The molecule has 2 aromatic rings. The van der Waals surface area contributed by atoms with Crippen molar-refractivity contribution in [1.29, 1.82) is 5.41 Å². The van der Waals surface area contributed by atoms with Crippen molar-refractivity contribution in [2.75, 3.05) is 0 Å². The molecule has 0 saturated carbocycles. The fourth-order valence-electron chi connectivity index (χ4n) is 1.77. The second-order valence-electron chi connectivity index (χ2n) is 4.52. The highest BCUT2D eigenvalue weighted by molar-refractivity contribution is 9.10. The maximum absolute atomic E-state index is 7.68. The van der Waals surface area contributed by atoms with Crippen LogP contribution in [0.2, 0.25) is 0 Å². The lowest BCUT2D eigenvalue weighted by Gasteiger charge is -2.12. The number of nitrogens with zero attached hydrogens (tertiary/aromatic N) is 2. The van der Waals surface area contributed by atoms with Crippen LogP contribution in [-0.4, -0.2) is 16.0 Å². The number of nitrogens with one attached hydrogen (secondary N) is 1. The van der Waals surface area contributed by atoms with E-state index in [0.29, 0.717) is 11.3 Å². The van der Waals surface area contributed by atoms with Crippen LogP contribution in [-0.2, 0) is 0 Å². The average molecular weight is 335 g/mol. The minimum atomic E-state index is -0.0793. The zero-order valence-electron chi connectivity index (χ0n) is 11.5. The monoisotopic (exact) mass is 334 g/mol. The number of hydrogen-bond donors (Lipinski definition) is 2. The Balaban J connectivity index is 2.45. The van der Waals surface area contributed by atoms with E-state index in [-0.39, 0.29) is 11.7 Å². The van der Waals surface area contributed by atoms with E-state index in [2.05, 4.69) is 26.1 Å². The first kappa shape index (κ1) is 14.5. The van der Waals surface area contributed by atoms with Crippen LogP contribution in [0.4, 0.5) is 0 Å². The molecular formula is C14H15BrN4O. The van der Waals surface area contributed by atoms with Gasteiger partial charge < -0.3 is 10.5 Å². The first-order valence-electron chi connectivity index (χ1n) is 6.02. The van der Waals surface area contributed by atoms with Gasteiger partial charge in [0.2, 0.25) is 5.88 Å². The van der Waals surface area contributed by atoms with Crippen molar-refractivity contribution < 1.29 is 4.74 Å². The minimum Gasteiger partial charge on any atom is -0.437 e. The number of nitrogens with two attached hydrogens (primary N) is 1. The van der Waals surface area contributed by atoms with Gasteiger partial charge in [-0.25, -0.2) is 0 Å². The predicted octanol–water partition coefficient (Wildman–Crippen LogP) is 3.24. The molecule has 0 spiro atoms. The molecule has 2 rings (SSSR count). The minimum absolute atomic E-state index is 0.0793. The molecule has 0 unspecified atom stereocenters. The van der Waals surface area contributed by atoms with Crippen LogP contribution in [0.1, 0.15) is 22.4 Å². The number of aromatic nitrogens is 2. The molecule has 0 aliphatic heterocycles. The van der Waals surface area contributed by atoms with Crippen LogP contribution in [0.15, 0.2) is 22.7 Å². The number of nitrogen functional groups attached to an aromatic ring is 1. The highest BCUT2D eigenvalue weighted by Gasteiger charge is 2.16. The van der Waals surface area contributed by atoms with Gasteiger partial charge in [0.15, 0.2) is 0 Å². The van der Waals surface area contributed by atoms with Crippen molar-refractivity contribution in [3.05, 3.63) is 45.1 Å². The number of ether oxygens (including phenoxy) is 1. The van der Waals surface area contributed by atoms with Gasteiger partial charge in [-0.2, -0.15) is 5.10 Å². The van der Waals surface area contributed by atoms with E-state index < -0.39 is 0 Å². The Bertz CT molecular complexity index is 685. The van der Waals surface area contributed by atoms with E-state index in [1.54, 1.807) is 0 Å². The standard InChI is InChI=1S/C14H15BrN4O/c1-7-6-10(4-5-11(7)15)20-14-12(13(16)17)8(2)9(3)18-19-14/h4-6H,1-3H3,(H3,16,17). The van der Waals surface area contributed by atoms with Gasteiger partial charge in [0.25, 0.3) is 0 Å². The molecule has 5 nitrogen and oxygen atoms in total. The van der Waals surface area contributed by atoms with Crippen LogP contribution in [0.5, 0.6) is 11.6 Å². The Labute approximate surface area is 125 Å². The molecular weight excluding hydrogens is 320 g/mol. The van der Waals surface area contributed by atoms with E-state index in [1.165, 1.54) is 0 Å². The first-order valence-corrected chi connectivity index (χ1v) is 6.81. The lowest BCUT2D eigenvalue weighted by molar-refractivity contribution is 0.452. The molecule has 104 valence electrons. The second-order valence-corrected chi connectivity index (χ2v) is 5.37. The SMILES string of the molecule is Cc1cc(Oc2nnc(C)c(C)c2C(=N)N)ccc1Br. The molecule has 0 aliphatic rings. The molecule has 0 radical (unpaired) electrons. The van der Waals surface area contributed by atoms with Gasteiger partial charge in [-0.15, -0.1) is 5.10 Å². The number of aryl methyl sites for hydroxylation is 2. The van der Waals surface area contributed by atoms with Crippen LogP contribution >= 0.6 is 15.9 Å². The summed E-state index contributed by atoms with van der Waals surface area (Å²) in [4.78, 5) is 0. The lowest BCUT2D eigenvalue weighted by Crippen LogP contribution is -2.16. The molecule has 0 aliphatic carbocycles. The molecule has 1 heterocycles. The zero-order chi connectivity index (χ0) is 14.9. The third-order valence-electron chi connectivity index (χ3n) is 3.04. The molecule has 0 saturated heterocycles. The fraction of sp³-hybridized carbons (Fsp3) is 0.214. The average Bonchev–Trinajstić information content (AvgIpc) is 2.38. The molecule has 0 bridgehead atoms. The van der Waals surface area contributed by atoms with Crippen molar-refractivity contribution in [1.82, 2.24) is 10.2 Å². The van der Waals surface area contributed by atoms with Crippen LogP contribution in [0.25, 0.3) is 0 Å². The third-order valence-corrected chi connectivity index (χ3v) is 3.93. The van der Waals surface area contributed by atoms with Crippen LogP contribution in [0, 0.1) is 26.2 Å². The number of amidine groups is 1. The molecule has 6 heteroatoms. The second kappa shape index (κ2) is 5.58. The highest BCUT2D eigenvalue weighted by atomic mass is 79.9. The highest BCUT2D eigenvalue weighted by Crippen LogP contribution is 2.28. The summed E-state index contributed by atoms with van der Waals surface area (Å²) >= 11 is 3.44. The molecule has 3 N–H and O–H groups in total.